The van der Waals surface area contributed by atoms with E-state index in [9.17, 15) is 0 Å². The van der Waals surface area contributed by atoms with Gasteiger partial charge in [-0.15, -0.1) is 11.3 Å². The summed E-state index contributed by atoms with van der Waals surface area (Å²) < 4.78 is 1.34. The third-order valence-corrected chi connectivity index (χ3v) is 6.71. The molecule has 1 heteroatoms. The van der Waals surface area contributed by atoms with Gasteiger partial charge in [-0.25, -0.2) is 0 Å². The summed E-state index contributed by atoms with van der Waals surface area (Å²) >= 11 is 1.83. The third-order valence-electron chi connectivity index (χ3n) is 5.74. The minimum absolute atomic E-state index is 1.27. The van der Waals surface area contributed by atoms with E-state index < -0.39 is 0 Å². The van der Waals surface area contributed by atoms with Crippen molar-refractivity contribution in [3.63, 3.8) is 0 Å². The van der Waals surface area contributed by atoms with E-state index in [-0.39, 0.29) is 0 Å². The molecule has 136 valence electrons. The highest BCUT2D eigenvalue weighted by molar-refractivity contribution is 7.17. The average Bonchev–Trinajstić information content (AvgIpc) is 3.22. The maximum Gasteiger partial charge on any atom is 0.0349 e. The molecule has 0 aliphatic heterocycles. The number of hydrogen-bond acceptors (Lipinski definition) is 1. The Bertz CT molecular complexity index is 1430. The molecule has 0 nitrogen and oxygen atoms in total. The Balaban J connectivity index is 1.84. The molecule has 5 aromatic carbocycles. The molecular formula is C28H18S. The monoisotopic (exact) mass is 386 g/mol. The molecule has 0 unspecified atom stereocenters. The van der Waals surface area contributed by atoms with Crippen LogP contribution < -0.4 is 0 Å². The van der Waals surface area contributed by atoms with Crippen LogP contribution in [0, 0.1) is 0 Å². The molecule has 0 bridgehead atoms. The van der Waals surface area contributed by atoms with Crippen LogP contribution in [0.4, 0.5) is 0 Å². The standard InChI is InChI=1S/C28H18S/c1-2-10-19(11-3-1)27-21-13-4-6-15-23(21)28(24-16-7-5-14-22(24)27)25-18-29-26-17-9-8-12-20(25)26/h1-18H. The van der Waals surface area contributed by atoms with Gasteiger partial charge in [0, 0.05) is 15.6 Å². The Labute approximate surface area is 173 Å². The summed E-state index contributed by atoms with van der Waals surface area (Å²) in [5.74, 6) is 0. The molecule has 0 N–H and O–H groups in total. The lowest BCUT2D eigenvalue weighted by atomic mass is 9.86. The zero-order valence-corrected chi connectivity index (χ0v) is 16.6. The van der Waals surface area contributed by atoms with E-state index in [0.717, 1.165) is 0 Å². The zero-order chi connectivity index (χ0) is 19.2. The van der Waals surface area contributed by atoms with E-state index in [2.05, 4.69) is 109 Å². The van der Waals surface area contributed by atoms with Gasteiger partial charge >= 0.3 is 0 Å². The van der Waals surface area contributed by atoms with Crippen LogP contribution in [0.2, 0.25) is 0 Å². The number of rotatable bonds is 2. The van der Waals surface area contributed by atoms with Crippen molar-refractivity contribution in [2.45, 2.75) is 0 Å². The molecule has 6 aromatic rings. The molecule has 0 saturated carbocycles. The van der Waals surface area contributed by atoms with Crippen molar-refractivity contribution in [3.05, 3.63) is 109 Å². The molecule has 0 radical (unpaired) electrons. The fourth-order valence-corrected chi connectivity index (χ4v) is 5.46. The lowest BCUT2D eigenvalue weighted by molar-refractivity contribution is 1.67. The fraction of sp³-hybridized carbons (Fsp3) is 0. The van der Waals surface area contributed by atoms with E-state index in [1.165, 1.54) is 53.9 Å². The van der Waals surface area contributed by atoms with Crippen LogP contribution in [0.25, 0.3) is 53.9 Å². The van der Waals surface area contributed by atoms with Crippen LogP contribution in [-0.2, 0) is 0 Å². The Morgan fingerprint density at radius 3 is 1.52 bits per heavy atom. The maximum atomic E-state index is 2.32. The molecular weight excluding hydrogens is 368 g/mol. The second kappa shape index (κ2) is 6.58. The van der Waals surface area contributed by atoms with Crippen LogP contribution in [0.1, 0.15) is 0 Å². The first-order valence-corrected chi connectivity index (χ1v) is 10.8. The first kappa shape index (κ1) is 16.5. The van der Waals surface area contributed by atoms with Crippen molar-refractivity contribution in [1.82, 2.24) is 0 Å². The molecule has 6 rings (SSSR count). The van der Waals surface area contributed by atoms with Gasteiger partial charge in [-0.1, -0.05) is 97.1 Å². The third kappa shape index (κ3) is 2.52. The number of fused-ring (bicyclic) bond motifs is 3. The van der Waals surface area contributed by atoms with Crippen LogP contribution in [0.15, 0.2) is 109 Å². The highest BCUT2D eigenvalue weighted by Gasteiger charge is 2.17. The molecule has 0 aliphatic carbocycles. The summed E-state index contributed by atoms with van der Waals surface area (Å²) in [6, 6.07) is 37.2. The second-order valence-corrected chi connectivity index (χ2v) is 8.26. The van der Waals surface area contributed by atoms with Gasteiger partial charge in [-0.2, -0.15) is 0 Å². The molecule has 0 aliphatic rings. The van der Waals surface area contributed by atoms with Gasteiger partial charge in [0.25, 0.3) is 0 Å². The highest BCUT2D eigenvalue weighted by Crippen LogP contribution is 2.46. The van der Waals surface area contributed by atoms with Gasteiger partial charge in [-0.3, -0.25) is 0 Å². The normalized spacial score (nSPS) is 11.4. The summed E-state index contributed by atoms with van der Waals surface area (Å²) in [6.07, 6.45) is 0. The SMILES string of the molecule is c1ccc(-c2c3ccccc3c(-c3csc4ccccc34)c3ccccc23)cc1. The predicted molar refractivity (Wildman–Crippen MR) is 128 cm³/mol. The van der Waals surface area contributed by atoms with E-state index in [1.807, 2.05) is 11.3 Å². The minimum atomic E-state index is 1.27. The van der Waals surface area contributed by atoms with Crippen LogP contribution in [0.3, 0.4) is 0 Å². The fourth-order valence-electron chi connectivity index (χ4n) is 4.51. The Morgan fingerprint density at radius 2 is 0.897 bits per heavy atom. The van der Waals surface area contributed by atoms with Gasteiger partial charge in [0.15, 0.2) is 0 Å². The number of benzene rings is 5. The first-order chi connectivity index (χ1) is 14.4. The van der Waals surface area contributed by atoms with Gasteiger partial charge in [-0.05, 0) is 49.7 Å². The van der Waals surface area contributed by atoms with Gasteiger partial charge in [0.1, 0.15) is 0 Å². The Morgan fingerprint density at radius 1 is 0.414 bits per heavy atom. The lowest BCUT2D eigenvalue weighted by Crippen LogP contribution is -1.90. The molecule has 1 heterocycles. The largest absolute Gasteiger partial charge is 0.143 e. The van der Waals surface area contributed by atoms with Crippen molar-refractivity contribution in [2.24, 2.45) is 0 Å². The van der Waals surface area contributed by atoms with Crippen molar-refractivity contribution >= 4 is 43.0 Å². The molecule has 0 spiro atoms. The summed E-state index contributed by atoms with van der Waals surface area (Å²) in [5, 5.41) is 8.90. The highest BCUT2D eigenvalue weighted by atomic mass is 32.1. The molecule has 29 heavy (non-hydrogen) atoms. The zero-order valence-electron chi connectivity index (χ0n) is 15.8. The number of thiophene rings is 1. The summed E-state index contributed by atoms with van der Waals surface area (Å²) in [6.45, 7) is 0. The molecule has 0 amide bonds. The lowest BCUT2D eigenvalue weighted by Gasteiger charge is -2.17. The van der Waals surface area contributed by atoms with Gasteiger partial charge < -0.3 is 0 Å². The van der Waals surface area contributed by atoms with Crippen LogP contribution >= 0.6 is 11.3 Å². The molecule has 0 fully saturated rings. The maximum absolute atomic E-state index is 2.32. The quantitative estimate of drug-likeness (QED) is 0.262. The average molecular weight is 387 g/mol. The van der Waals surface area contributed by atoms with Crippen molar-refractivity contribution in [2.75, 3.05) is 0 Å². The predicted octanol–water partition coefficient (Wildman–Crippen LogP) is 8.54. The minimum Gasteiger partial charge on any atom is -0.143 e. The van der Waals surface area contributed by atoms with Crippen LogP contribution in [-0.4, -0.2) is 0 Å². The van der Waals surface area contributed by atoms with Gasteiger partial charge in [0.05, 0.1) is 0 Å². The topological polar surface area (TPSA) is 0 Å². The molecule has 0 atom stereocenters. The number of hydrogen-bond donors (Lipinski definition) is 0. The summed E-state index contributed by atoms with van der Waals surface area (Å²) in [4.78, 5) is 0. The van der Waals surface area contributed by atoms with Crippen LogP contribution in [0.5, 0.6) is 0 Å². The summed E-state index contributed by atoms with van der Waals surface area (Å²) in [7, 11) is 0. The second-order valence-electron chi connectivity index (χ2n) is 7.35. The van der Waals surface area contributed by atoms with Crippen molar-refractivity contribution in [1.29, 1.82) is 0 Å². The Kier molecular flexibility index (Phi) is 3.75. The van der Waals surface area contributed by atoms with Crippen molar-refractivity contribution in [3.8, 4) is 22.3 Å². The van der Waals surface area contributed by atoms with E-state index in [0.29, 0.717) is 0 Å². The summed E-state index contributed by atoms with van der Waals surface area (Å²) in [5.41, 5.74) is 5.26. The van der Waals surface area contributed by atoms with Crippen molar-refractivity contribution < 1.29 is 0 Å². The first-order valence-electron chi connectivity index (χ1n) is 9.87. The smallest absolute Gasteiger partial charge is 0.0349 e. The Hall–Kier alpha value is -3.42. The van der Waals surface area contributed by atoms with E-state index in [1.54, 1.807) is 0 Å². The van der Waals surface area contributed by atoms with Gasteiger partial charge in [0.2, 0.25) is 0 Å². The molecule has 0 saturated heterocycles. The molecule has 1 aromatic heterocycles. The van der Waals surface area contributed by atoms with E-state index >= 15 is 0 Å². The van der Waals surface area contributed by atoms with E-state index in [4.69, 9.17) is 0 Å².